The van der Waals surface area contributed by atoms with Crippen LogP contribution in [0.25, 0.3) is 11.1 Å². The summed E-state index contributed by atoms with van der Waals surface area (Å²) in [4.78, 5) is 0. The van der Waals surface area contributed by atoms with E-state index in [0.29, 0.717) is 0 Å². The molecule has 0 fully saturated rings. The Morgan fingerprint density at radius 2 is 1.88 bits per heavy atom. The number of unbranched alkanes of at least 4 members (excludes halogenated alkanes) is 1. The van der Waals surface area contributed by atoms with Crippen LogP contribution in [-0.2, 0) is 6.54 Å². The molecule has 0 unspecified atom stereocenters. The molecule has 2 nitrogen and oxygen atoms in total. The van der Waals surface area contributed by atoms with E-state index in [-0.39, 0.29) is 0 Å². The summed E-state index contributed by atoms with van der Waals surface area (Å²) in [6.07, 6.45) is 6.13. The molecule has 1 heterocycles. The van der Waals surface area contributed by atoms with Crippen LogP contribution in [0.1, 0.15) is 12.8 Å². The number of nitrogens with zero attached hydrogens (tertiary/aromatic N) is 2. The zero-order chi connectivity index (χ0) is 11.2. The molecule has 0 amide bonds. The minimum Gasteiger partial charge on any atom is -0.272 e. The highest BCUT2D eigenvalue weighted by Gasteiger charge is 2.00. The van der Waals surface area contributed by atoms with E-state index < -0.39 is 0 Å². The van der Waals surface area contributed by atoms with Gasteiger partial charge in [-0.2, -0.15) is 5.10 Å². The summed E-state index contributed by atoms with van der Waals surface area (Å²) in [6, 6.07) is 10.3. The molecular weight excluding hydrogens is 220 g/mol. The normalized spacial score (nSPS) is 10.6. The highest BCUT2D eigenvalue weighted by atomic mass is 35.5. The second-order valence-corrected chi connectivity index (χ2v) is 4.13. The monoisotopic (exact) mass is 234 g/mol. The molecule has 0 saturated carbocycles. The van der Waals surface area contributed by atoms with Gasteiger partial charge >= 0.3 is 0 Å². The van der Waals surface area contributed by atoms with Crippen LogP contribution in [-0.4, -0.2) is 15.7 Å². The number of hydrogen-bond donors (Lipinski definition) is 0. The molecule has 0 radical (unpaired) electrons. The zero-order valence-electron chi connectivity index (χ0n) is 9.14. The third kappa shape index (κ3) is 2.86. The standard InChI is InChI=1S/C13H15ClN2/c14-8-4-5-9-16-11-13(10-15-16)12-6-2-1-3-7-12/h1-3,6-7,10-11H,4-5,8-9H2. The average molecular weight is 235 g/mol. The van der Waals surface area contributed by atoms with E-state index in [0.717, 1.165) is 25.3 Å². The summed E-state index contributed by atoms with van der Waals surface area (Å²) in [7, 11) is 0. The van der Waals surface area contributed by atoms with Crippen molar-refractivity contribution < 1.29 is 0 Å². The van der Waals surface area contributed by atoms with Gasteiger partial charge in [-0.15, -0.1) is 11.6 Å². The SMILES string of the molecule is ClCCCCn1cc(-c2ccccc2)cn1. The minimum atomic E-state index is 0.729. The van der Waals surface area contributed by atoms with Gasteiger partial charge in [0.1, 0.15) is 0 Å². The molecule has 0 atom stereocenters. The lowest BCUT2D eigenvalue weighted by Crippen LogP contribution is -1.97. The van der Waals surface area contributed by atoms with Gasteiger partial charge in [0.05, 0.1) is 6.20 Å². The molecule has 0 bridgehead atoms. The third-order valence-electron chi connectivity index (χ3n) is 2.51. The molecule has 3 heteroatoms. The summed E-state index contributed by atoms with van der Waals surface area (Å²) in [5.74, 6) is 0.729. The summed E-state index contributed by atoms with van der Waals surface area (Å²) in [5, 5.41) is 4.34. The Hall–Kier alpha value is -1.28. The van der Waals surface area contributed by atoms with E-state index in [1.54, 1.807) is 0 Å². The summed E-state index contributed by atoms with van der Waals surface area (Å²) < 4.78 is 1.98. The Morgan fingerprint density at radius 3 is 2.62 bits per heavy atom. The third-order valence-corrected chi connectivity index (χ3v) is 2.78. The van der Waals surface area contributed by atoms with Crippen LogP contribution < -0.4 is 0 Å². The number of rotatable bonds is 5. The predicted octanol–water partition coefficient (Wildman–Crippen LogP) is 3.57. The van der Waals surface area contributed by atoms with E-state index >= 15 is 0 Å². The first-order valence-corrected chi connectivity index (χ1v) is 6.07. The van der Waals surface area contributed by atoms with Crippen LogP contribution in [0, 0.1) is 0 Å². The first-order chi connectivity index (χ1) is 7.90. The van der Waals surface area contributed by atoms with Crippen LogP contribution in [0.2, 0.25) is 0 Å². The second-order valence-electron chi connectivity index (χ2n) is 3.75. The second kappa shape index (κ2) is 5.71. The molecular formula is C13H15ClN2. The Labute approximate surface area is 101 Å². The van der Waals surface area contributed by atoms with Crippen LogP contribution >= 0.6 is 11.6 Å². The van der Waals surface area contributed by atoms with Gasteiger partial charge in [-0.25, -0.2) is 0 Å². The molecule has 1 aromatic heterocycles. The highest BCUT2D eigenvalue weighted by molar-refractivity contribution is 6.17. The molecule has 0 saturated heterocycles. The smallest absolute Gasteiger partial charge is 0.0568 e. The molecule has 2 aromatic rings. The molecule has 2 rings (SSSR count). The van der Waals surface area contributed by atoms with Crippen molar-refractivity contribution in [3.05, 3.63) is 42.7 Å². The number of aryl methyl sites for hydroxylation is 1. The van der Waals surface area contributed by atoms with E-state index in [4.69, 9.17) is 11.6 Å². The molecule has 0 aliphatic rings. The maximum absolute atomic E-state index is 5.64. The van der Waals surface area contributed by atoms with Crippen molar-refractivity contribution in [1.82, 2.24) is 9.78 Å². The van der Waals surface area contributed by atoms with E-state index in [2.05, 4.69) is 23.4 Å². The van der Waals surface area contributed by atoms with Crippen LogP contribution in [0.15, 0.2) is 42.7 Å². The fraction of sp³-hybridized carbons (Fsp3) is 0.308. The van der Waals surface area contributed by atoms with Gasteiger partial charge in [0, 0.05) is 24.2 Å². The quantitative estimate of drug-likeness (QED) is 0.571. The topological polar surface area (TPSA) is 17.8 Å². The van der Waals surface area contributed by atoms with Crippen molar-refractivity contribution in [2.45, 2.75) is 19.4 Å². The number of halogens is 1. The van der Waals surface area contributed by atoms with Gasteiger partial charge < -0.3 is 0 Å². The number of hydrogen-bond acceptors (Lipinski definition) is 1. The molecule has 0 N–H and O–H groups in total. The summed E-state index contributed by atoms with van der Waals surface area (Å²) in [6.45, 7) is 0.944. The summed E-state index contributed by atoms with van der Waals surface area (Å²) in [5.41, 5.74) is 2.39. The Kier molecular flexibility index (Phi) is 4.00. The maximum atomic E-state index is 5.64. The molecule has 16 heavy (non-hydrogen) atoms. The summed E-state index contributed by atoms with van der Waals surface area (Å²) >= 11 is 5.64. The van der Waals surface area contributed by atoms with Crippen molar-refractivity contribution in [3.63, 3.8) is 0 Å². The van der Waals surface area contributed by atoms with Gasteiger partial charge in [0.25, 0.3) is 0 Å². The number of aromatic nitrogens is 2. The van der Waals surface area contributed by atoms with Gasteiger partial charge in [-0.3, -0.25) is 4.68 Å². The van der Waals surface area contributed by atoms with E-state index in [1.165, 1.54) is 11.1 Å². The number of benzene rings is 1. The fourth-order valence-corrected chi connectivity index (χ4v) is 1.82. The van der Waals surface area contributed by atoms with Crippen LogP contribution in [0.5, 0.6) is 0 Å². The zero-order valence-corrected chi connectivity index (χ0v) is 9.90. The van der Waals surface area contributed by atoms with Crippen molar-refractivity contribution in [2.24, 2.45) is 0 Å². The lowest BCUT2D eigenvalue weighted by molar-refractivity contribution is 0.573. The first-order valence-electron chi connectivity index (χ1n) is 5.54. The van der Waals surface area contributed by atoms with Crippen LogP contribution in [0.3, 0.4) is 0 Å². The van der Waals surface area contributed by atoms with Crippen molar-refractivity contribution >= 4 is 11.6 Å². The minimum absolute atomic E-state index is 0.729. The predicted molar refractivity (Wildman–Crippen MR) is 67.6 cm³/mol. The fourth-order valence-electron chi connectivity index (χ4n) is 1.63. The lowest BCUT2D eigenvalue weighted by atomic mass is 10.1. The Morgan fingerprint density at radius 1 is 1.06 bits per heavy atom. The first kappa shape index (κ1) is 11.2. The van der Waals surface area contributed by atoms with E-state index in [1.807, 2.05) is 29.1 Å². The van der Waals surface area contributed by atoms with Gasteiger partial charge in [0.15, 0.2) is 0 Å². The Balaban J connectivity index is 2.02. The average Bonchev–Trinajstić information content (AvgIpc) is 2.79. The molecule has 0 aliphatic carbocycles. The maximum Gasteiger partial charge on any atom is 0.0568 e. The Bertz CT molecular complexity index is 423. The molecule has 84 valence electrons. The molecule has 0 aliphatic heterocycles. The largest absolute Gasteiger partial charge is 0.272 e. The highest BCUT2D eigenvalue weighted by Crippen LogP contribution is 2.17. The number of alkyl halides is 1. The van der Waals surface area contributed by atoms with Crippen LogP contribution in [0.4, 0.5) is 0 Å². The van der Waals surface area contributed by atoms with Crippen molar-refractivity contribution in [3.8, 4) is 11.1 Å². The lowest BCUT2D eigenvalue weighted by Gasteiger charge is -1.99. The van der Waals surface area contributed by atoms with Crippen molar-refractivity contribution in [2.75, 3.05) is 5.88 Å². The van der Waals surface area contributed by atoms with Gasteiger partial charge in [0.2, 0.25) is 0 Å². The van der Waals surface area contributed by atoms with Gasteiger partial charge in [-0.1, -0.05) is 30.3 Å². The van der Waals surface area contributed by atoms with Gasteiger partial charge in [-0.05, 0) is 18.4 Å². The molecule has 1 aromatic carbocycles. The van der Waals surface area contributed by atoms with Crippen molar-refractivity contribution in [1.29, 1.82) is 0 Å². The van der Waals surface area contributed by atoms with E-state index in [9.17, 15) is 0 Å². The molecule has 0 spiro atoms.